The molecule has 1 fully saturated rings. The largest absolute Gasteiger partial charge is 0.490 e. The molecule has 36 heavy (non-hydrogen) atoms. The first-order valence-electron chi connectivity index (χ1n) is 10.8. The first-order chi connectivity index (χ1) is 17.4. The molecule has 0 atom stereocenters. The number of rotatable bonds is 8. The van der Waals surface area contributed by atoms with Gasteiger partial charge in [0.05, 0.1) is 27.9 Å². The number of ether oxygens (including phenoxy) is 2. The highest BCUT2D eigenvalue weighted by Gasteiger charge is 2.33. The summed E-state index contributed by atoms with van der Waals surface area (Å²) in [6.07, 6.45) is 1.69. The van der Waals surface area contributed by atoms with Crippen LogP contribution in [0.25, 0.3) is 6.08 Å². The van der Waals surface area contributed by atoms with Gasteiger partial charge in [-0.1, -0.05) is 53.8 Å². The SMILES string of the molecule is CCOc1cc(/C=C2\SC(=S)N(c3ccc(F)cc3)C2=O)ccc1OCC(=O)Nc1ccccc1Cl. The maximum absolute atomic E-state index is 13.3. The lowest BCUT2D eigenvalue weighted by Crippen LogP contribution is -2.27. The molecular formula is C26H20ClFN2O4S2. The molecule has 0 unspecified atom stereocenters. The fourth-order valence-corrected chi connectivity index (χ4v) is 4.81. The number of anilines is 2. The van der Waals surface area contributed by atoms with Gasteiger partial charge in [-0.3, -0.25) is 14.5 Å². The first kappa shape index (κ1) is 25.7. The van der Waals surface area contributed by atoms with Gasteiger partial charge in [-0.2, -0.15) is 0 Å². The molecule has 0 bridgehead atoms. The third-order valence-corrected chi connectivity index (χ3v) is 6.58. The Hall–Kier alpha value is -3.40. The average molecular weight is 543 g/mol. The number of para-hydroxylation sites is 1. The first-order valence-corrected chi connectivity index (χ1v) is 12.4. The van der Waals surface area contributed by atoms with Gasteiger partial charge < -0.3 is 14.8 Å². The van der Waals surface area contributed by atoms with Crippen LogP contribution < -0.4 is 19.7 Å². The molecule has 1 saturated heterocycles. The van der Waals surface area contributed by atoms with Crippen molar-refractivity contribution in [3.05, 3.63) is 88.0 Å². The minimum absolute atomic E-state index is 0.249. The molecule has 0 saturated carbocycles. The van der Waals surface area contributed by atoms with Crippen LogP contribution in [-0.2, 0) is 9.59 Å². The van der Waals surface area contributed by atoms with Crippen LogP contribution in [-0.4, -0.2) is 29.3 Å². The van der Waals surface area contributed by atoms with Crippen LogP contribution in [0, 0.1) is 5.82 Å². The normalized spacial score (nSPS) is 14.3. The van der Waals surface area contributed by atoms with Crippen LogP contribution in [0.5, 0.6) is 11.5 Å². The number of nitrogens with zero attached hydrogens (tertiary/aromatic N) is 1. The maximum Gasteiger partial charge on any atom is 0.270 e. The molecule has 184 valence electrons. The Bertz CT molecular complexity index is 1350. The lowest BCUT2D eigenvalue weighted by atomic mass is 10.1. The highest BCUT2D eigenvalue weighted by atomic mass is 35.5. The second-order valence-electron chi connectivity index (χ2n) is 7.45. The summed E-state index contributed by atoms with van der Waals surface area (Å²) >= 11 is 12.6. The van der Waals surface area contributed by atoms with Crippen LogP contribution in [0.15, 0.2) is 71.6 Å². The zero-order valence-corrected chi connectivity index (χ0v) is 21.4. The molecule has 1 heterocycles. The predicted octanol–water partition coefficient (Wildman–Crippen LogP) is 6.30. The van der Waals surface area contributed by atoms with Crippen molar-refractivity contribution in [2.45, 2.75) is 6.92 Å². The minimum atomic E-state index is -0.396. The number of nitrogens with one attached hydrogen (secondary N) is 1. The van der Waals surface area contributed by atoms with Crippen molar-refractivity contribution in [2.75, 3.05) is 23.4 Å². The molecule has 1 aliphatic rings. The van der Waals surface area contributed by atoms with Gasteiger partial charge in [-0.15, -0.1) is 0 Å². The number of benzene rings is 3. The van der Waals surface area contributed by atoms with Crippen LogP contribution in [0.1, 0.15) is 12.5 Å². The third-order valence-electron chi connectivity index (χ3n) is 4.95. The Labute approximate surface area is 222 Å². The van der Waals surface area contributed by atoms with Gasteiger partial charge in [0.2, 0.25) is 0 Å². The number of thiocarbonyl (C=S) groups is 1. The van der Waals surface area contributed by atoms with Gasteiger partial charge in [-0.25, -0.2) is 4.39 Å². The minimum Gasteiger partial charge on any atom is -0.490 e. The third kappa shape index (κ3) is 6.04. The van der Waals surface area contributed by atoms with Gasteiger partial charge in [-0.05, 0) is 67.1 Å². The van der Waals surface area contributed by atoms with Gasteiger partial charge in [0.15, 0.2) is 22.4 Å². The highest BCUT2D eigenvalue weighted by molar-refractivity contribution is 8.27. The lowest BCUT2D eigenvalue weighted by Gasteiger charge is -2.14. The van der Waals surface area contributed by atoms with E-state index in [0.29, 0.717) is 49.3 Å². The van der Waals surface area contributed by atoms with Crippen LogP contribution in [0.4, 0.5) is 15.8 Å². The van der Waals surface area contributed by atoms with Gasteiger partial charge >= 0.3 is 0 Å². The summed E-state index contributed by atoms with van der Waals surface area (Å²) in [4.78, 5) is 27.1. The fourth-order valence-electron chi connectivity index (χ4n) is 3.33. The van der Waals surface area contributed by atoms with Crippen LogP contribution in [0.2, 0.25) is 5.02 Å². The van der Waals surface area contributed by atoms with E-state index in [-0.39, 0.29) is 18.4 Å². The molecule has 0 aliphatic carbocycles. The van der Waals surface area contributed by atoms with Crippen LogP contribution in [0.3, 0.4) is 0 Å². The molecule has 2 amide bonds. The quantitative estimate of drug-likeness (QED) is 0.266. The van der Waals surface area contributed by atoms with Crippen molar-refractivity contribution in [1.29, 1.82) is 0 Å². The molecule has 6 nitrogen and oxygen atoms in total. The van der Waals surface area contributed by atoms with E-state index in [1.165, 1.54) is 29.2 Å². The topological polar surface area (TPSA) is 67.9 Å². The molecule has 1 N–H and O–H groups in total. The number of hydrogen-bond acceptors (Lipinski definition) is 6. The Balaban J connectivity index is 1.48. The number of halogens is 2. The summed E-state index contributed by atoms with van der Waals surface area (Å²) in [7, 11) is 0. The van der Waals surface area contributed by atoms with Crippen molar-refractivity contribution in [3.8, 4) is 11.5 Å². The summed E-state index contributed by atoms with van der Waals surface area (Å²) < 4.78 is 25.0. The average Bonchev–Trinajstić information content (AvgIpc) is 3.13. The van der Waals surface area contributed by atoms with E-state index >= 15 is 0 Å². The van der Waals surface area contributed by atoms with Crippen molar-refractivity contribution < 1.29 is 23.5 Å². The Morgan fingerprint density at radius 2 is 1.86 bits per heavy atom. The van der Waals surface area contributed by atoms with E-state index in [1.54, 1.807) is 48.5 Å². The summed E-state index contributed by atoms with van der Waals surface area (Å²) in [6, 6.07) is 17.6. The van der Waals surface area contributed by atoms with E-state index in [9.17, 15) is 14.0 Å². The smallest absolute Gasteiger partial charge is 0.270 e. The van der Waals surface area contributed by atoms with Gasteiger partial charge in [0, 0.05) is 0 Å². The van der Waals surface area contributed by atoms with Crippen molar-refractivity contribution in [1.82, 2.24) is 0 Å². The van der Waals surface area contributed by atoms with Gasteiger partial charge in [0.1, 0.15) is 5.82 Å². The molecule has 3 aromatic rings. The highest BCUT2D eigenvalue weighted by Crippen LogP contribution is 2.37. The van der Waals surface area contributed by atoms with Crippen LogP contribution >= 0.6 is 35.6 Å². The number of thioether (sulfide) groups is 1. The second-order valence-corrected chi connectivity index (χ2v) is 9.53. The Morgan fingerprint density at radius 3 is 2.58 bits per heavy atom. The number of amides is 2. The van der Waals surface area contributed by atoms with E-state index < -0.39 is 5.82 Å². The maximum atomic E-state index is 13.3. The summed E-state index contributed by atoms with van der Waals surface area (Å²) in [5, 5.41) is 3.12. The molecule has 3 aromatic carbocycles. The van der Waals surface area contributed by atoms with Crippen molar-refractivity contribution >= 4 is 69.2 Å². The molecule has 0 radical (unpaired) electrons. The summed E-state index contributed by atoms with van der Waals surface area (Å²) in [5.41, 5.74) is 1.67. The number of carbonyl (C=O) groups is 2. The standard InChI is InChI=1S/C26H20ClFN2O4S2/c1-2-33-22-13-16(7-12-21(22)34-15-24(31)29-20-6-4-3-5-19(20)27)14-23-25(32)30(26(35)36-23)18-10-8-17(28)9-11-18/h3-14H,2,15H2,1H3,(H,29,31)/b23-14-. The number of hydrogen-bond donors (Lipinski definition) is 1. The number of carbonyl (C=O) groups excluding carboxylic acids is 2. The van der Waals surface area contributed by atoms with Crippen molar-refractivity contribution in [2.24, 2.45) is 0 Å². The molecule has 10 heteroatoms. The fraction of sp³-hybridized carbons (Fsp3) is 0.115. The molecular weight excluding hydrogens is 523 g/mol. The zero-order chi connectivity index (χ0) is 25.7. The van der Waals surface area contributed by atoms with E-state index in [1.807, 2.05) is 6.92 Å². The Morgan fingerprint density at radius 1 is 1.11 bits per heavy atom. The molecule has 4 rings (SSSR count). The van der Waals surface area contributed by atoms with E-state index in [0.717, 1.165) is 11.8 Å². The monoisotopic (exact) mass is 542 g/mol. The Kier molecular flexibility index (Phi) is 8.25. The summed E-state index contributed by atoms with van der Waals surface area (Å²) in [6.45, 7) is 1.95. The van der Waals surface area contributed by atoms with E-state index in [2.05, 4.69) is 5.32 Å². The predicted molar refractivity (Wildman–Crippen MR) is 145 cm³/mol. The summed E-state index contributed by atoms with van der Waals surface area (Å²) in [5.74, 6) is -0.273. The zero-order valence-electron chi connectivity index (χ0n) is 19.0. The van der Waals surface area contributed by atoms with Crippen molar-refractivity contribution in [3.63, 3.8) is 0 Å². The lowest BCUT2D eigenvalue weighted by molar-refractivity contribution is -0.118. The van der Waals surface area contributed by atoms with E-state index in [4.69, 9.17) is 33.3 Å². The second kappa shape index (κ2) is 11.6. The van der Waals surface area contributed by atoms with Gasteiger partial charge in [0.25, 0.3) is 11.8 Å². The molecule has 1 aliphatic heterocycles. The molecule has 0 spiro atoms. The molecule has 0 aromatic heterocycles.